The second-order valence-electron chi connectivity index (χ2n) is 5.31. The lowest BCUT2D eigenvalue weighted by molar-refractivity contribution is 0.102. The van der Waals surface area contributed by atoms with Crippen LogP contribution in [0.5, 0.6) is 0 Å². The largest absolute Gasteiger partial charge is 0.399 e. The van der Waals surface area contributed by atoms with Gasteiger partial charge in [-0.1, -0.05) is 35.1 Å². The molecule has 1 amide bonds. The third-order valence-electron chi connectivity index (χ3n) is 3.61. The first-order valence-corrected chi connectivity index (χ1v) is 8.57. The number of nitrogens with two attached hydrogens (primary N) is 1. The number of aromatic nitrogens is 3. The van der Waals surface area contributed by atoms with Crippen molar-refractivity contribution in [2.45, 2.75) is 0 Å². The van der Waals surface area contributed by atoms with E-state index >= 15 is 0 Å². The molecule has 25 heavy (non-hydrogen) atoms. The zero-order valence-corrected chi connectivity index (χ0v) is 14.4. The quantitative estimate of drug-likeness (QED) is 0.535. The number of thiazole rings is 1. The van der Waals surface area contributed by atoms with E-state index < -0.39 is 0 Å². The van der Waals surface area contributed by atoms with Crippen LogP contribution >= 0.6 is 22.9 Å². The predicted octanol–water partition coefficient (Wildman–Crippen LogP) is 3.95. The van der Waals surface area contributed by atoms with Crippen LogP contribution in [0.1, 0.15) is 9.80 Å². The van der Waals surface area contributed by atoms with E-state index in [9.17, 15) is 4.79 Å². The van der Waals surface area contributed by atoms with Gasteiger partial charge in [0.2, 0.25) is 0 Å². The zero-order valence-electron chi connectivity index (χ0n) is 12.8. The number of fused-ring (bicyclic) bond motifs is 1. The molecule has 0 fully saturated rings. The van der Waals surface area contributed by atoms with Gasteiger partial charge in [-0.25, -0.2) is 9.50 Å². The van der Waals surface area contributed by atoms with E-state index in [1.54, 1.807) is 35.0 Å². The van der Waals surface area contributed by atoms with Crippen molar-refractivity contribution in [3.05, 3.63) is 64.2 Å². The standard InChI is InChI=1S/C17H12ClN5OS/c18-15-14(12-9-20-23-7-2-1-6-13(12)23)22-17(25-15)16(24)21-11-5-3-4-10(19)8-11/h1-9H,19H2,(H,21,24). The third kappa shape index (κ3) is 2.95. The molecule has 4 rings (SSSR count). The van der Waals surface area contributed by atoms with Gasteiger partial charge in [0.05, 0.1) is 11.7 Å². The fourth-order valence-corrected chi connectivity index (χ4v) is 3.55. The predicted molar refractivity (Wildman–Crippen MR) is 100 cm³/mol. The lowest BCUT2D eigenvalue weighted by Crippen LogP contribution is -2.11. The van der Waals surface area contributed by atoms with E-state index in [1.807, 2.05) is 24.4 Å². The number of rotatable bonds is 3. The van der Waals surface area contributed by atoms with Gasteiger partial charge < -0.3 is 11.1 Å². The molecule has 6 nitrogen and oxygen atoms in total. The van der Waals surface area contributed by atoms with Gasteiger partial charge in [-0.05, 0) is 30.3 Å². The van der Waals surface area contributed by atoms with Gasteiger partial charge in [0.25, 0.3) is 5.91 Å². The first kappa shape index (κ1) is 15.6. The van der Waals surface area contributed by atoms with Crippen LogP contribution in [-0.2, 0) is 0 Å². The number of carbonyl (C=O) groups is 1. The Morgan fingerprint density at radius 3 is 2.96 bits per heavy atom. The number of hydrogen-bond donors (Lipinski definition) is 2. The number of benzene rings is 1. The van der Waals surface area contributed by atoms with Crippen LogP contribution in [0.4, 0.5) is 11.4 Å². The number of hydrogen-bond acceptors (Lipinski definition) is 5. The molecule has 3 heterocycles. The van der Waals surface area contributed by atoms with Crippen LogP contribution in [0.2, 0.25) is 4.34 Å². The number of halogens is 1. The Kier molecular flexibility index (Phi) is 3.87. The maximum atomic E-state index is 12.4. The molecular formula is C17H12ClN5OS. The molecule has 1 aromatic carbocycles. The monoisotopic (exact) mass is 369 g/mol. The molecule has 0 atom stereocenters. The van der Waals surface area contributed by atoms with E-state index in [0.29, 0.717) is 21.4 Å². The van der Waals surface area contributed by atoms with Crippen molar-refractivity contribution in [1.29, 1.82) is 0 Å². The van der Waals surface area contributed by atoms with Crippen molar-refractivity contribution < 1.29 is 4.79 Å². The molecule has 0 saturated carbocycles. The van der Waals surface area contributed by atoms with Crippen LogP contribution in [-0.4, -0.2) is 20.5 Å². The molecule has 124 valence electrons. The molecule has 0 spiro atoms. The Labute approximate surface area is 151 Å². The highest BCUT2D eigenvalue weighted by molar-refractivity contribution is 7.18. The second kappa shape index (κ2) is 6.19. The van der Waals surface area contributed by atoms with E-state index in [2.05, 4.69) is 15.4 Å². The minimum atomic E-state index is -0.333. The first-order chi connectivity index (χ1) is 12.1. The lowest BCUT2D eigenvalue weighted by atomic mass is 10.2. The number of nitrogens with zero attached hydrogens (tertiary/aromatic N) is 3. The van der Waals surface area contributed by atoms with Gasteiger partial charge in [-0.2, -0.15) is 5.10 Å². The molecule has 0 bridgehead atoms. The fraction of sp³-hybridized carbons (Fsp3) is 0. The van der Waals surface area contributed by atoms with Crippen LogP contribution in [0.3, 0.4) is 0 Å². The van der Waals surface area contributed by atoms with E-state index in [-0.39, 0.29) is 10.9 Å². The highest BCUT2D eigenvalue weighted by atomic mass is 35.5. The van der Waals surface area contributed by atoms with Gasteiger partial charge in [0, 0.05) is 23.1 Å². The molecule has 0 aliphatic carbocycles. The van der Waals surface area contributed by atoms with Crippen molar-refractivity contribution in [3.63, 3.8) is 0 Å². The number of anilines is 2. The average Bonchev–Trinajstić information content (AvgIpc) is 3.18. The highest BCUT2D eigenvalue weighted by Crippen LogP contribution is 2.35. The first-order valence-electron chi connectivity index (χ1n) is 7.38. The molecule has 4 aromatic rings. The Hall–Kier alpha value is -2.90. The smallest absolute Gasteiger partial charge is 0.284 e. The third-order valence-corrected chi connectivity index (χ3v) is 4.86. The molecule has 8 heteroatoms. The summed E-state index contributed by atoms with van der Waals surface area (Å²) in [4.78, 5) is 16.9. The summed E-state index contributed by atoms with van der Waals surface area (Å²) in [5, 5.41) is 7.32. The molecule has 3 aromatic heterocycles. The van der Waals surface area contributed by atoms with E-state index in [0.717, 1.165) is 22.4 Å². The van der Waals surface area contributed by atoms with Gasteiger partial charge in [-0.15, -0.1) is 0 Å². The normalized spacial score (nSPS) is 10.9. The Bertz CT molecular complexity index is 1090. The number of pyridine rings is 1. The van der Waals surface area contributed by atoms with Crippen molar-refractivity contribution in [2.24, 2.45) is 0 Å². The van der Waals surface area contributed by atoms with Gasteiger partial charge >= 0.3 is 0 Å². The lowest BCUT2D eigenvalue weighted by Gasteiger charge is -2.03. The molecule has 3 N–H and O–H groups in total. The van der Waals surface area contributed by atoms with Gasteiger partial charge in [0.1, 0.15) is 10.0 Å². The molecule has 0 unspecified atom stereocenters. The van der Waals surface area contributed by atoms with Crippen LogP contribution in [0.25, 0.3) is 16.8 Å². The van der Waals surface area contributed by atoms with Crippen molar-refractivity contribution in [1.82, 2.24) is 14.6 Å². The Balaban J connectivity index is 1.67. The molecular weight excluding hydrogens is 358 g/mol. The molecule has 0 saturated heterocycles. The number of amides is 1. The fourth-order valence-electron chi connectivity index (χ4n) is 2.48. The van der Waals surface area contributed by atoms with Crippen LogP contribution in [0.15, 0.2) is 54.9 Å². The zero-order chi connectivity index (χ0) is 17.4. The van der Waals surface area contributed by atoms with Gasteiger partial charge in [0.15, 0.2) is 5.01 Å². The summed E-state index contributed by atoms with van der Waals surface area (Å²) in [6.07, 6.45) is 3.53. The summed E-state index contributed by atoms with van der Waals surface area (Å²) in [7, 11) is 0. The van der Waals surface area contributed by atoms with Gasteiger partial charge in [-0.3, -0.25) is 4.79 Å². The van der Waals surface area contributed by atoms with Crippen molar-refractivity contribution >= 4 is 45.7 Å². The second-order valence-corrected chi connectivity index (χ2v) is 6.91. The van der Waals surface area contributed by atoms with Crippen LogP contribution < -0.4 is 11.1 Å². The minimum absolute atomic E-state index is 0.276. The summed E-state index contributed by atoms with van der Waals surface area (Å²) < 4.78 is 2.17. The topological polar surface area (TPSA) is 85.3 Å². The summed E-state index contributed by atoms with van der Waals surface area (Å²) in [6.45, 7) is 0. The number of carbonyl (C=O) groups excluding carboxylic acids is 1. The Morgan fingerprint density at radius 2 is 2.12 bits per heavy atom. The van der Waals surface area contributed by atoms with Crippen LogP contribution in [0, 0.1) is 0 Å². The van der Waals surface area contributed by atoms with Crippen molar-refractivity contribution in [2.75, 3.05) is 11.1 Å². The summed E-state index contributed by atoms with van der Waals surface area (Å²) >= 11 is 7.45. The molecule has 0 aliphatic rings. The maximum Gasteiger partial charge on any atom is 0.284 e. The Morgan fingerprint density at radius 1 is 1.24 bits per heavy atom. The average molecular weight is 370 g/mol. The van der Waals surface area contributed by atoms with Crippen molar-refractivity contribution in [3.8, 4) is 11.3 Å². The SMILES string of the molecule is Nc1cccc(NC(=O)c2nc(-c3cnn4ccccc34)c(Cl)s2)c1. The van der Waals surface area contributed by atoms with E-state index in [1.165, 1.54) is 0 Å². The minimum Gasteiger partial charge on any atom is -0.399 e. The highest BCUT2D eigenvalue weighted by Gasteiger charge is 2.19. The number of nitrogens with one attached hydrogen (secondary N) is 1. The summed E-state index contributed by atoms with van der Waals surface area (Å²) in [5.74, 6) is -0.333. The molecule has 0 radical (unpaired) electrons. The van der Waals surface area contributed by atoms with E-state index in [4.69, 9.17) is 17.3 Å². The summed E-state index contributed by atoms with van der Waals surface area (Å²) in [5.41, 5.74) is 9.10. The summed E-state index contributed by atoms with van der Waals surface area (Å²) in [6, 6.07) is 12.7. The maximum absolute atomic E-state index is 12.4. The molecule has 0 aliphatic heterocycles. The number of nitrogen functional groups attached to an aromatic ring is 1.